The van der Waals surface area contributed by atoms with Crippen molar-refractivity contribution in [1.29, 1.82) is 0 Å². The number of aromatic nitrogens is 6. The maximum Gasteiger partial charge on any atom is 0.159 e. The Morgan fingerprint density at radius 2 is 1.95 bits per heavy atom. The number of piperidine rings is 1. The van der Waals surface area contributed by atoms with E-state index in [1.54, 1.807) is 30.7 Å². The highest BCUT2D eigenvalue weighted by Crippen LogP contribution is 2.34. The van der Waals surface area contributed by atoms with Gasteiger partial charge in [0.15, 0.2) is 11.6 Å². The third kappa shape index (κ3) is 4.67. The summed E-state index contributed by atoms with van der Waals surface area (Å²) >= 11 is 0. The summed E-state index contributed by atoms with van der Waals surface area (Å²) in [6.07, 6.45) is 8.45. The molecule has 4 aromatic heterocycles. The largest absolute Gasteiger partial charge is 0.374 e. The van der Waals surface area contributed by atoms with Gasteiger partial charge in [0.2, 0.25) is 0 Å². The Balaban J connectivity index is 1.37. The Morgan fingerprint density at radius 1 is 1.11 bits per heavy atom. The van der Waals surface area contributed by atoms with Crippen molar-refractivity contribution in [2.75, 3.05) is 23.3 Å². The molecule has 10 heteroatoms. The van der Waals surface area contributed by atoms with Crippen LogP contribution in [0.1, 0.15) is 39.5 Å². The molecular formula is C28H31FN8O. The summed E-state index contributed by atoms with van der Waals surface area (Å²) < 4.78 is 15.2. The molecule has 0 saturated carbocycles. The second-order valence-corrected chi connectivity index (χ2v) is 10.4. The van der Waals surface area contributed by atoms with Crippen LogP contribution in [0.3, 0.4) is 0 Å². The fraction of sp³-hybridized carbons (Fsp3) is 0.357. The van der Waals surface area contributed by atoms with Gasteiger partial charge in [0.1, 0.15) is 23.3 Å². The lowest BCUT2D eigenvalue weighted by molar-refractivity contribution is 0.176. The lowest BCUT2D eigenvalue weighted by Gasteiger charge is -2.27. The minimum Gasteiger partial charge on any atom is -0.374 e. The first-order valence-electron chi connectivity index (χ1n) is 13.1. The molecule has 1 unspecified atom stereocenters. The zero-order valence-electron chi connectivity index (χ0n) is 21.5. The van der Waals surface area contributed by atoms with E-state index >= 15 is 4.39 Å². The van der Waals surface area contributed by atoms with Gasteiger partial charge in [-0.25, -0.2) is 14.4 Å². The number of hydrogen-bond acceptors (Lipinski definition) is 7. The Morgan fingerprint density at radius 3 is 2.76 bits per heavy atom. The van der Waals surface area contributed by atoms with E-state index < -0.39 is 12.0 Å². The number of aliphatic hydroxyl groups is 1. The molecule has 1 saturated heterocycles. The summed E-state index contributed by atoms with van der Waals surface area (Å²) in [5, 5.41) is 21.5. The van der Waals surface area contributed by atoms with Crippen LogP contribution >= 0.6 is 0 Å². The summed E-state index contributed by atoms with van der Waals surface area (Å²) in [5.74, 6) is 1.42. The molecule has 1 aliphatic heterocycles. The van der Waals surface area contributed by atoms with Gasteiger partial charge in [-0.15, -0.1) is 0 Å². The second kappa shape index (κ2) is 10.0. The number of nitrogens with one attached hydrogen (secondary N) is 3. The number of hydrogen-bond donors (Lipinski definition) is 4. The molecule has 5 heterocycles. The fourth-order valence-corrected chi connectivity index (χ4v) is 5.17. The summed E-state index contributed by atoms with van der Waals surface area (Å²) in [6.45, 7) is 6.02. The highest BCUT2D eigenvalue weighted by Gasteiger charge is 2.21. The SMILES string of the molecule is CC(C)CC(O)Nc1cncc(-c2cc3c(-c4nc5c(N6CCCCC6)nccc5[nH]4)n[nH]c3cc2F)c1. The van der Waals surface area contributed by atoms with Crippen molar-refractivity contribution < 1.29 is 9.50 Å². The Hall–Kier alpha value is -4.05. The average molecular weight is 515 g/mol. The number of aliphatic hydroxyl groups excluding tert-OH is 1. The van der Waals surface area contributed by atoms with Gasteiger partial charge in [0.25, 0.3) is 0 Å². The van der Waals surface area contributed by atoms with E-state index in [9.17, 15) is 5.11 Å². The number of nitrogens with zero attached hydrogens (tertiary/aromatic N) is 5. The van der Waals surface area contributed by atoms with Crippen molar-refractivity contribution in [3.05, 3.63) is 48.7 Å². The van der Waals surface area contributed by atoms with Crippen molar-refractivity contribution in [3.63, 3.8) is 0 Å². The van der Waals surface area contributed by atoms with Gasteiger partial charge in [-0.1, -0.05) is 13.8 Å². The number of fused-ring (bicyclic) bond motifs is 2. The molecule has 1 fully saturated rings. The molecule has 0 radical (unpaired) electrons. The third-order valence-electron chi connectivity index (χ3n) is 6.99. The van der Waals surface area contributed by atoms with Crippen LogP contribution in [0, 0.1) is 11.7 Å². The van der Waals surface area contributed by atoms with Gasteiger partial charge in [0.05, 0.1) is 22.9 Å². The van der Waals surface area contributed by atoms with Crippen LogP contribution in [0.15, 0.2) is 42.9 Å². The first-order chi connectivity index (χ1) is 18.5. The van der Waals surface area contributed by atoms with Crippen LogP contribution in [0.25, 0.3) is 44.6 Å². The molecule has 0 aliphatic carbocycles. The van der Waals surface area contributed by atoms with E-state index in [1.165, 1.54) is 12.5 Å². The molecule has 0 spiro atoms. The van der Waals surface area contributed by atoms with Gasteiger partial charge in [0, 0.05) is 48.1 Å². The molecule has 0 amide bonds. The van der Waals surface area contributed by atoms with Gasteiger partial charge in [-0.3, -0.25) is 10.1 Å². The molecule has 6 rings (SSSR count). The molecule has 196 valence electrons. The lowest BCUT2D eigenvalue weighted by atomic mass is 10.0. The molecule has 1 atom stereocenters. The number of halogens is 1. The standard InChI is InChI=1S/C28H31FN8O/c1-16(2)10-24(38)32-18-11-17(14-30-15-18)19-12-20-23(13-21(19)29)35-36-25(20)27-33-22-6-7-31-28(26(22)34-27)37-8-4-3-5-9-37/h6-7,11-16,24,32,38H,3-5,8-10H2,1-2H3,(H,33,34)(H,35,36). The van der Waals surface area contributed by atoms with Gasteiger partial charge < -0.3 is 20.3 Å². The summed E-state index contributed by atoms with van der Waals surface area (Å²) in [6, 6.07) is 6.92. The monoisotopic (exact) mass is 514 g/mol. The minimum absolute atomic E-state index is 0.331. The molecular weight excluding hydrogens is 483 g/mol. The Labute approximate surface area is 219 Å². The van der Waals surface area contributed by atoms with E-state index in [0.717, 1.165) is 48.2 Å². The molecule has 9 nitrogen and oxygen atoms in total. The molecule has 5 aromatic rings. The van der Waals surface area contributed by atoms with Gasteiger partial charge >= 0.3 is 0 Å². The van der Waals surface area contributed by atoms with Crippen LogP contribution in [0.5, 0.6) is 0 Å². The second-order valence-electron chi connectivity index (χ2n) is 10.4. The fourth-order valence-electron chi connectivity index (χ4n) is 5.17. The normalized spacial score (nSPS) is 15.0. The molecule has 1 aromatic carbocycles. The zero-order valence-corrected chi connectivity index (χ0v) is 21.5. The first-order valence-corrected chi connectivity index (χ1v) is 13.1. The average Bonchev–Trinajstić information content (AvgIpc) is 3.52. The smallest absolute Gasteiger partial charge is 0.159 e. The van der Waals surface area contributed by atoms with Gasteiger partial charge in [-0.2, -0.15) is 5.10 Å². The van der Waals surface area contributed by atoms with Crippen molar-refractivity contribution in [3.8, 4) is 22.6 Å². The molecule has 4 N–H and O–H groups in total. The highest BCUT2D eigenvalue weighted by atomic mass is 19.1. The maximum absolute atomic E-state index is 15.2. The Bertz CT molecular complexity index is 1590. The van der Waals surface area contributed by atoms with Crippen LogP contribution in [0.2, 0.25) is 0 Å². The van der Waals surface area contributed by atoms with Crippen LogP contribution in [-0.4, -0.2) is 54.6 Å². The summed E-state index contributed by atoms with van der Waals surface area (Å²) in [5.41, 5.74) is 4.49. The van der Waals surface area contributed by atoms with Crippen molar-refractivity contribution in [2.24, 2.45) is 5.92 Å². The highest BCUT2D eigenvalue weighted by molar-refractivity contribution is 5.97. The number of pyridine rings is 2. The molecule has 0 bridgehead atoms. The summed E-state index contributed by atoms with van der Waals surface area (Å²) in [7, 11) is 0. The number of aromatic amines is 2. The molecule has 38 heavy (non-hydrogen) atoms. The number of benzene rings is 1. The van der Waals surface area contributed by atoms with Crippen molar-refractivity contribution in [1.82, 2.24) is 30.1 Å². The van der Waals surface area contributed by atoms with Crippen LogP contribution in [0.4, 0.5) is 15.9 Å². The topological polar surface area (TPSA) is 119 Å². The first kappa shape index (κ1) is 24.3. The van der Waals surface area contributed by atoms with E-state index in [0.29, 0.717) is 46.2 Å². The van der Waals surface area contributed by atoms with E-state index in [-0.39, 0.29) is 0 Å². The van der Waals surface area contributed by atoms with Crippen molar-refractivity contribution in [2.45, 2.75) is 45.8 Å². The minimum atomic E-state index is -0.711. The Kier molecular flexibility index (Phi) is 6.40. The zero-order chi connectivity index (χ0) is 26.2. The number of rotatable bonds is 7. The van der Waals surface area contributed by atoms with E-state index in [2.05, 4.69) is 35.4 Å². The van der Waals surface area contributed by atoms with Gasteiger partial charge in [-0.05, 0) is 49.8 Å². The number of anilines is 2. The molecule has 1 aliphatic rings. The quantitative estimate of drug-likeness (QED) is 0.213. The van der Waals surface area contributed by atoms with Crippen LogP contribution in [-0.2, 0) is 0 Å². The van der Waals surface area contributed by atoms with E-state index in [1.807, 2.05) is 19.9 Å². The summed E-state index contributed by atoms with van der Waals surface area (Å²) in [4.78, 5) is 19.5. The lowest BCUT2D eigenvalue weighted by Crippen LogP contribution is -2.30. The maximum atomic E-state index is 15.2. The number of imidazole rings is 1. The van der Waals surface area contributed by atoms with Crippen LogP contribution < -0.4 is 10.2 Å². The predicted octanol–water partition coefficient (Wildman–Crippen LogP) is 5.47. The van der Waals surface area contributed by atoms with E-state index in [4.69, 9.17) is 4.98 Å². The predicted molar refractivity (Wildman–Crippen MR) is 147 cm³/mol. The number of H-pyrrole nitrogens is 2. The van der Waals surface area contributed by atoms with Crippen molar-refractivity contribution >= 4 is 33.4 Å². The third-order valence-corrected chi connectivity index (χ3v) is 6.99.